The fourth-order valence-corrected chi connectivity index (χ4v) is 6.21. The number of amides is 1. The molecule has 2 fully saturated rings. The number of pyridine rings is 1. The van der Waals surface area contributed by atoms with Gasteiger partial charge in [-0.1, -0.05) is 17.7 Å². The van der Waals surface area contributed by atoms with E-state index in [1.807, 2.05) is 11.0 Å². The Balaban J connectivity index is 1.41. The Morgan fingerprint density at radius 1 is 1.02 bits per heavy atom. The summed E-state index contributed by atoms with van der Waals surface area (Å²) in [5.41, 5.74) is 3.62. The van der Waals surface area contributed by atoms with Gasteiger partial charge in [-0.3, -0.25) is 4.90 Å². The van der Waals surface area contributed by atoms with Crippen molar-refractivity contribution in [3.8, 4) is 28.1 Å². The highest BCUT2D eigenvalue weighted by Crippen LogP contribution is 2.40. The minimum Gasteiger partial charge on any atom is -0.481 e. The van der Waals surface area contributed by atoms with Crippen LogP contribution in [0.15, 0.2) is 54.9 Å². The molecular weight excluding hydrogens is 643 g/mol. The number of hydrogen-bond donors (Lipinski definition) is 1. The molecule has 0 unspecified atom stereocenters. The van der Waals surface area contributed by atoms with Gasteiger partial charge >= 0.3 is 18.2 Å². The van der Waals surface area contributed by atoms with E-state index in [-0.39, 0.29) is 23.6 Å². The first-order valence-electron chi connectivity index (χ1n) is 15.6. The second-order valence-corrected chi connectivity index (χ2v) is 12.0. The van der Waals surface area contributed by atoms with Crippen molar-refractivity contribution in [1.82, 2.24) is 19.9 Å². The Bertz CT molecular complexity index is 1910. The van der Waals surface area contributed by atoms with Crippen LogP contribution >= 0.6 is 0 Å². The lowest BCUT2D eigenvalue weighted by molar-refractivity contribution is -0.137. The molecule has 1 amide bonds. The summed E-state index contributed by atoms with van der Waals surface area (Å²) in [6.45, 7) is 7.15. The number of aromatic nitrogens is 3. The van der Waals surface area contributed by atoms with Crippen molar-refractivity contribution in [2.75, 3.05) is 38.3 Å². The average molecular weight is 678 g/mol. The van der Waals surface area contributed by atoms with Gasteiger partial charge in [-0.25, -0.2) is 24.5 Å². The lowest BCUT2D eigenvalue weighted by atomic mass is 9.96. The average Bonchev–Trinajstić information content (AvgIpc) is 3.36. The molecule has 14 heteroatoms. The van der Waals surface area contributed by atoms with Crippen molar-refractivity contribution in [3.05, 3.63) is 88.4 Å². The van der Waals surface area contributed by atoms with Crippen LogP contribution in [0.3, 0.4) is 0 Å². The van der Waals surface area contributed by atoms with E-state index < -0.39 is 35.9 Å². The zero-order valence-corrected chi connectivity index (χ0v) is 27.2. The van der Waals surface area contributed by atoms with Crippen LogP contribution < -0.4 is 9.64 Å². The molecular formula is C35H34F3N5O6. The Hall–Kier alpha value is -5.24. The molecule has 0 saturated carbocycles. The van der Waals surface area contributed by atoms with Gasteiger partial charge in [0.05, 0.1) is 49.7 Å². The number of benzene rings is 2. The van der Waals surface area contributed by atoms with Gasteiger partial charge in [0.1, 0.15) is 6.10 Å². The summed E-state index contributed by atoms with van der Waals surface area (Å²) in [5.74, 6) is -0.345. The number of alkyl halides is 3. The highest BCUT2D eigenvalue weighted by atomic mass is 19.4. The number of cyclic esters (lactones) is 1. The fraction of sp³-hybridized carbons (Fsp3) is 0.343. The molecule has 0 bridgehead atoms. The van der Waals surface area contributed by atoms with E-state index in [0.29, 0.717) is 60.2 Å². The first-order chi connectivity index (χ1) is 23.3. The van der Waals surface area contributed by atoms with Crippen LogP contribution in [0.5, 0.6) is 5.88 Å². The standard InChI is InChI=1S/C35H34F3N5O6/c1-19-11-23(14-25(12-19)35(36,37)38)30-21(3)43(34(46)49-30)18-29-28(17-40-33(41-29)42-7-9-48-10-8-42)27-15-24(16-39-31(27)47-4)26-6-5-22(32(44)45)13-20(26)2/h5-6,11-17,21,30H,7-10,18H2,1-4H3,(H,44,45)/t21-,30-/m0/s1. The van der Waals surface area contributed by atoms with E-state index in [1.165, 1.54) is 18.1 Å². The van der Waals surface area contributed by atoms with Crippen LogP contribution in [0.4, 0.5) is 23.9 Å². The molecule has 2 aromatic heterocycles. The van der Waals surface area contributed by atoms with E-state index in [9.17, 15) is 27.9 Å². The van der Waals surface area contributed by atoms with Crippen LogP contribution in [0.1, 0.15) is 51.3 Å². The maximum absolute atomic E-state index is 13.7. The van der Waals surface area contributed by atoms with Gasteiger partial charge in [-0.2, -0.15) is 13.2 Å². The number of rotatable bonds is 8. The Kier molecular flexibility index (Phi) is 9.16. The maximum Gasteiger partial charge on any atom is 0.416 e. The minimum atomic E-state index is -4.56. The van der Waals surface area contributed by atoms with E-state index in [2.05, 4.69) is 9.97 Å². The van der Waals surface area contributed by atoms with Crippen LogP contribution in [0.2, 0.25) is 0 Å². The van der Waals surface area contributed by atoms with E-state index in [4.69, 9.17) is 19.2 Å². The first-order valence-corrected chi connectivity index (χ1v) is 15.6. The van der Waals surface area contributed by atoms with Crippen molar-refractivity contribution in [2.24, 2.45) is 0 Å². The monoisotopic (exact) mass is 677 g/mol. The summed E-state index contributed by atoms with van der Waals surface area (Å²) in [7, 11) is 1.47. The highest BCUT2D eigenvalue weighted by Gasteiger charge is 2.42. The SMILES string of the molecule is COc1ncc(-c2ccc(C(=O)O)cc2C)cc1-c1cnc(N2CCOCC2)nc1CN1C(=O)O[C@H](c2cc(C)cc(C(F)(F)F)c2)[C@@H]1C. The first kappa shape index (κ1) is 33.7. The number of carbonyl (C=O) groups is 2. The number of aromatic carboxylic acids is 1. The van der Waals surface area contributed by atoms with Gasteiger partial charge in [0, 0.05) is 42.2 Å². The molecule has 4 aromatic rings. The molecule has 11 nitrogen and oxygen atoms in total. The van der Waals surface area contributed by atoms with Crippen molar-refractivity contribution >= 4 is 18.0 Å². The van der Waals surface area contributed by atoms with Gasteiger partial charge in [-0.15, -0.1) is 0 Å². The predicted octanol–water partition coefficient (Wildman–Crippen LogP) is 6.47. The summed E-state index contributed by atoms with van der Waals surface area (Å²) in [4.78, 5) is 42.4. The smallest absolute Gasteiger partial charge is 0.416 e. The number of halogens is 3. The number of carbonyl (C=O) groups excluding carboxylic acids is 1. The molecule has 1 N–H and O–H groups in total. The van der Waals surface area contributed by atoms with Crippen molar-refractivity contribution in [2.45, 2.75) is 45.6 Å². The number of methoxy groups -OCH3 is 1. The zero-order valence-electron chi connectivity index (χ0n) is 27.2. The summed E-state index contributed by atoms with van der Waals surface area (Å²) in [5, 5.41) is 9.44. The highest BCUT2D eigenvalue weighted by molar-refractivity contribution is 5.89. The van der Waals surface area contributed by atoms with Gasteiger partial charge < -0.3 is 24.2 Å². The third-order valence-corrected chi connectivity index (χ3v) is 8.74. The molecule has 49 heavy (non-hydrogen) atoms. The number of hydrogen-bond acceptors (Lipinski definition) is 9. The van der Waals surface area contributed by atoms with E-state index >= 15 is 0 Å². The molecule has 0 aliphatic carbocycles. The third-order valence-electron chi connectivity index (χ3n) is 8.74. The van der Waals surface area contributed by atoms with Crippen molar-refractivity contribution < 1.29 is 42.1 Å². The number of aryl methyl sites for hydroxylation is 2. The topological polar surface area (TPSA) is 127 Å². The lowest BCUT2D eigenvalue weighted by Crippen LogP contribution is -2.38. The molecule has 0 spiro atoms. The van der Waals surface area contributed by atoms with Crippen LogP contribution in [0.25, 0.3) is 22.3 Å². The van der Waals surface area contributed by atoms with Crippen LogP contribution in [-0.2, 0) is 22.2 Å². The summed E-state index contributed by atoms with van der Waals surface area (Å²) >= 11 is 0. The molecule has 4 heterocycles. The number of carboxylic acid groups (broad SMARTS) is 1. The number of ether oxygens (including phenoxy) is 3. The second kappa shape index (κ2) is 13.3. The normalized spacial score (nSPS) is 18.1. The molecule has 2 saturated heterocycles. The van der Waals surface area contributed by atoms with E-state index in [0.717, 1.165) is 23.3 Å². The molecule has 256 valence electrons. The van der Waals surface area contributed by atoms with Crippen LogP contribution in [-0.4, -0.2) is 76.5 Å². The molecule has 6 rings (SSSR count). The van der Waals surface area contributed by atoms with Crippen molar-refractivity contribution in [1.29, 1.82) is 0 Å². The van der Waals surface area contributed by atoms with Gasteiger partial charge in [-0.05, 0) is 67.8 Å². The van der Waals surface area contributed by atoms with Crippen LogP contribution in [0, 0.1) is 13.8 Å². The number of carboxylic acids is 1. The van der Waals surface area contributed by atoms with Gasteiger partial charge in [0.25, 0.3) is 0 Å². The number of nitrogens with zero attached hydrogens (tertiary/aromatic N) is 5. The quantitative estimate of drug-likeness (QED) is 0.222. The Morgan fingerprint density at radius 2 is 1.78 bits per heavy atom. The molecule has 2 aliphatic heterocycles. The van der Waals surface area contributed by atoms with Crippen molar-refractivity contribution in [3.63, 3.8) is 0 Å². The number of anilines is 1. The summed E-state index contributed by atoms with van der Waals surface area (Å²) in [6, 6.07) is 9.66. The predicted molar refractivity (Wildman–Crippen MR) is 172 cm³/mol. The zero-order chi connectivity index (χ0) is 35.0. The Labute approximate surface area is 280 Å². The largest absolute Gasteiger partial charge is 0.481 e. The lowest BCUT2D eigenvalue weighted by Gasteiger charge is -2.28. The summed E-state index contributed by atoms with van der Waals surface area (Å²) < 4.78 is 57.8. The summed E-state index contributed by atoms with van der Waals surface area (Å²) in [6.07, 6.45) is -2.95. The Morgan fingerprint density at radius 3 is 2.45 bits per heavy atom. The van der Waals surface area contributed by atoms with Gasteiger partial charge in [0.2, 0.25) is 11.8 Å². The third kappa shape index (κ3) is 6.86. The minimum absolute atomic E-state index is 0.0522. The molecule has 0 radical (unpaired) electrons. The second-order valence-electron chi connectivity index (χ2n) is 12.0. The molecule has 2 atom stereocenters. The molecule has 2 aromatic carbocycles. The van der Waals surface area contributed by atoms with E-state index in [1.54, 1.807) is 51.4 Å². The number of morpholine rings is 1. The van der Waals surface area contributed by atoms with Gasteiger partial charge in [0.15, 0.2) is 0 Å². The molecule has 2 aliphatic rings. The maximum atomic E-state index is 13.7. The fourth-order valence-electron chi connectivity index (χ4n) is 6.21.